The Morgan fingerprint density at radius 3 is 2.82 bits per heavy atom. The number of carboxylic acids is 1. The zero-order chi connectivity index (χ0) is 16.2. The lowest BCUT2D eigenvalue weighted by atomic mass is 10.0. The Morgan fingerprint density at radius 2 is 2.23 bits per heavy atom. The third kappa shape index (κ3) is 4.46. The topological polar surface area (TPSA) is 92.7 Å². The van der Waals surface area contributed by atoms with Crippen molar-refractivity contribution in [3.63, 3.8) is 0 Å². The lowest BCUT2D eigenvalue weighted by molar-refractivity contribution is -0.139. The van der Waals surface area contributed by atoms with Crippen LogP contribution in [0.15, 0.2) is 35.2 Å². The number of halogens is 1. The summed E-state index contributed by atoms with van der Waals surface area (Å²) in [6.07, 6.45) is 6.44. The largest absolute Gasteiger partial charge is 0.480 e. The van der Waals surface area contributed by atoms with Crippen LogP contribution in [0.25, 0.3) is 0 Å². The molecule has 22 heavy (non-hydrogen) atoms. The van der Waals surface area contributed by atoms with E-state index >= 15 is 0 Å². The summed E-state index contributed by atoms with van der Waals surface area (Å²) in [7, 11) is -3.69. The normalized spacial score (nSPS) is 18.1. The second kappa shape index (κ2) is 7.13. The molecule has 2 N–H and O–H groups in total. The van der Waals surface area contributed by atoms with Crippen molar-refractivity contribution in [3.05, 3.63) is 35.4 Å². The van der Waals surface area contributed by atoms with Crippen molar-refractivity contribution >= 4 is 27.6 Å². The van der Waals surface area contributed by atoms with E-state index in [1.54, 1.807) is 0 Å². The summed E-state index contributed by atoms with van der Waals surface area (Å²) < 4.78 is 32.1. The van der Waals surface area contributed by atoms with Crippen LogP contribution in [0.5, 0.6) is 5.75 Å². The minimum absolute atomic E-state index is 0.0131. The maximum atomic E-state index is 12.3. The predicted molar refractivity (Wildman–Crippen MR) is 81.7 cm³/mol. The number of ether oxygens (including phenoxy) is 1. The summed E-state index contributed by atoms with van der Waals surface area (Å²) in [5.74, 6) is -1.01. The first-order valence-electron chi connectivity index (χ1n) is 6.71. The Bertz CT molecular complexity index is 686. The van der Waals surface area contributed by atoms with Gasteiger partial charge in [-0.15, -0.1) is 0 Å². The Balaban J connectivity index is 2.13. The molecular formula is C14H16ClNO5S. The van der Waals surface area contributed by atoms with Gasteiger partial charge in [-0.1, -0.05) is 23.8 Å². The van der Waals surface area contributed by atoms with Gasteiger partial charge in [-0.3, -0.25) is 0 Å². The third-order valence-electron chi connectivity index (χ3n) is 3.13. The number of benzene rings is 1. The molecule has 0 bridgehead atoms. The maximum Gasteiger partial charge on any atom is 0.341 e. The maximum absolute atomic E-state index is 12.3. The molecule has 8 heteroatoms. The summed E-state index contributed by atoms with van der Waals surface area (Å²) in [6, 6.07) is 3.70. The molecule has 0 heterocycles. The SMILES string of the molecule is O=C(O)COc1ccc(S(=O)(=O)N[C@H]2C=CCCC2)cc1Cl. The van der Waals surface area contributed by atoms with Crippen molar-refractivity contribution in [2.24, 2.45) is 0 Å². The number of sulfonamides is 1. The lowest BCUT2D eigenvalue weighted by Crippen LogP contribution is -2.34. The van der Waals surface area contributed by atoms with Gasteiger partial charge >= 0.3 is 5.97 Å². The Kier molecular flexibility index (Phi) is 5.44. The predicted octanol–water partition coefficient (Wildman–Crippen LogP) is 2.19. The first kappa shape index (κ1) is 16.8. The highest BCUT2D eigenvalue weighted by Gasteiger charge is 2.20. The minimum atomic E-state index is -3.69. The number of aliphatic carboxylic acids is 1. The summed E-state index contributed by atoms with van der Waals surface area (Å²) >= 11 is 5.94. The van der Waals surface area contributed by atoms with Crippen molar-refractivity contribution in [1.82, 2.24) is 4.72 Å². The van der Waals surface area contributed by atoms with E-state index in [4.69, 9.17) is 21.4 Å². The van der Waals surface area contributed by atoms with Gasteiger partial charge in [0.2, 0.25) is 10.0 Å². The molecule has 1 atom stereocenters. The third-order valence-corrected chi connectivity index (χ3v) is 4.91. The van der Waals surface area contributed by atoms with E-state index in [1.807, 2.05) is 12.2 Å². The van der Waals surface area contributed by atoms with Crippen LogP contribution in [-0.2, 0) is 14.8 Å². The Labute approximate surface area is 133 Å². The Morgan fingerprint density at radius 1 is 1.45 bits per heavy atom. The quantitative estimate of drug-likeness (QED) is 0.771. The van der Waals surface area contributed by atoms with E-state index in [2.05, 4.69) is 4.72 Å². The highest BCUT2D eigenvalue weighted by molar-refractivity contribution is 7.89. The van der Waals surface area contributed by atoms with Gasteiger partial charge in [-0.2, -0.15) is 0 Å². The number of rotatable bonds is 6. The molecule has 0 aliphatic heterocycles. The van der Waals surface area contributed by atoms with Crippen molar-refractivity contribution in [2.45, 2.75) is 30.2 Å². The van der Waals surface area contributed by atoms with Crippen molar-refractivity contribution in [3.8, 4) is 5.75 Å². The fourth-order valence-electron chi connectivity index (χ4n) is 2.08. The molecule has 0 amide bonds. The van der Waals surface area contributed by atoms with E-state index in [1.165, 1.54) is 18.2 Å². The summed E-state index contributed by atoms with van der Waals surface area (Å²) in [6.45, 7) is -0.545. The molecule has 0 saturated heterocycles. The number of hydrogen-bond donors (Lipinski definition) is 2. The van der Waals surface area contributed by atoms with Crippen LogP contribution in [0, 0.1) is 0 Å². The summed E-state index contributed by atoms with van der Waals surface area (Å²) in [5.41, 5.74) is 0. The minimum Gasteiger partial charge on any atom is -0.480 e. The number of nitrogens with one attached hydrogen (secondary N) is 1. The van der Waals surface area contributed by atoms with Crippen LogP contribution in [-0.4, -0.2) is 32.1 Å². The molecular weight excluding hydrogens is 330 g/mol. The number of carbonyl (C=O) groups is 1. The zero-order valence-electron chi connectivity index (χ0n) is 11.7. The molecule has 1 aliphatic carbocycles. The van der Waals surface area contributed by atoms with E-state index < -0.39 is 22.6 Å². The van der Waals surface area contributed by atoms with Crippen molar-refractivity contribution in [2.75, 3.05) is 6.61 Å². The highest BCUT2D eigenvalue weighted by Crippen LogP contribution is 2.27. The Hall–Kier alpha value is -1.57. The fraction of sp³-hybridized carbons (Fsp3) is 0.357. The van der Waals surface area contributed by atoms with Crippen molar-refractivity contribution in [1.29, 1.82) is 0 Å². The van der Waals surface area contributed by atoms with Gasteiger partial charge < -0.3 is 9.84 Å². The van der Waals surface area contributed by atoms with Crippen LogP contribution < -0.4 is 9.46 Å². The van der Waals surface area contributed by atoms with Crippen LogP contribution in [0.4, 0.5) is 0 Å². The van der Waals surface area contributed by atoms with Gasteiger partial charge in [-0.25, -0.2) is 17.9 Å². The number of allylic oxidation sites excluding steroid dienone is 1. The van der Waals surface area contributed by atoms with Crippen LogP contribution >= 0.6 is 11.6 Å². The molecule has 1 aliphatic rings. The van der Waals surface area contributed by atoms with Gasteiger partial charge in [-0.05, 0) is 37.5 Å². The van der Waals surface area contributed by atoms with E-state index in [-0.39, 0.29) is 21.7 Å². The van der Waals surface area contributed by atoms with Gasteiger partial charge in [0.25, 0.3) is 0 Å². The van der Waals surface area contributed by atoms with Gasteiger partial charge in [0, 0.05) is 6.04 Å². The summed E-state index contributed by atoms with van der Waals surface area (Å²) in [5, 5.41) is 8.60. The fourth-order valence-corrected chi connectivity index (χ4v) is 3.63. The average Bonchev–Trinajstić information content (AvgIpc) is 2.46. The second-order valence-electron chi connectivity index (χ2n) is 4.86. The van der Waals surface area contributed by atoms with E-state index in [0.29, 0.717) is 0 Å². The molecule has 0 aromatic heterocycles. The smallest absolute Gasteiger partial charge is 0.341 e. The van der Waals surface area contributed by atoms with Crippen LogP contribution in [0.3, 0.4) is 0 Å². The molecule has 0 spiro atoms. The number of hydrogen-bond acceptors (Lipinski definition) is 4. The molecule has 2 rings (SSSR count). The standard InChI is InChI=1S/C14H16ClNO5S/c15-12-8-11(6-7-13(12)21-9-14(17)18)22(19,20)16-10-4-2-1-3-5-10/h2,4,6-8,10,16H,1,3,5,9H2,(H,17,18)/t10-/m0/s1. The van der Waals surface area contributed by atoms with Crippen LogP contribution in [0.1, 0.15) is 19.3 Å². The molecule has 1 aromatic rings. The zero-order valence-corrected chi connectivity index (χ0v) is 13.2. The van der Waals surface area contributed by atoms with E-state index in [0.717, 1.165) is 19.3 Å². The first-order chi connectivity index (χ1) is 10.4. The van der Waals surface area contributed by atoms with Gasteiger partial charge in [0.1, 0.15) is 5.75 Å². The van der Waals surface area contributed by atoms with Gasteiger partial charge in [0.05, 0.1) is 9.92 Å². The molecule has 0 saturated carbocycles. The molecule has 0 fully saturated rings. The first-order valence-corrected chi connectivity index (χ1v) is 8.58. The van der Waals surface area contributed by atoms with E-state index in [9.17, 15) is 13.2 Å². The molecule has 1 aromatic carbocycles. The highest BCUT2D eigenvalue weighted by atomic mass is 35.5. The lowest BCUT2D eigenvalue weighted by Gasteiger charge is -2.18. The average molecular weight is 346 g/mol. The molecule has 0 radical (unpaired) electrons. The summed E-state index contributed by atoms with van der Waals surface area (Å²) in [4.78, 5) is 10.5. The van der Waals surface area contributed by atoms with Gasteiger partial charge in [0.15, 0.2) is 6.61 Å². The van der Waals surface area contributed by atoms with Crippen LogP contribution in [0.2, 0.25) is 5.02 Å². The molecule has 6 nitrogen and oxygen atoms in total. The monoisotopic (exact) mass is 345 g/mol. The molecule has 0 unspecified atom stereocenters. The van der Waals surface area contributed by atoms with Crippen molar-refractivity contribution < 1.29 is 23.1 Å². The second-order valence-corrected chi connectivity index (χ2v) is 6.98. The molecule has 120 valence electrons. The number of carboxylic acid groups (broad SMARTS) is 1.